The van der Waals surface area contributed by atoms with Crippen molar-refractivity contribution in [2.24, 2.45) is 0 Å². The number of piperidine rings is 1. The van der Waals surface area contributed by atoms with Crippen LogP contribution in [0.2, 0.25) is 0 Å². The molecule has 0 unspecified atom stereocenters. The summed E-state index contributed by atoms with van der Waals surface area (Å²) in [7, 11) is 0. The Kier molecular flexibility index (Phi) is 2.95. The Bertz CT molecular complexity index is 373. The second kappa shape index (κ2) is 4.40. The maximum atomic E-state index is 10.4. The number of nitrogens with zero attached hydrogens (tertiary/aromatic N) is 4. The van der Waals surface area contributed by atoms with Crippen LogP contribution in [0.3, 0.4) is 0 Å². The third-order valence-electron chi connectivity index (χ3n) is 2.58. The Labute approximate surface area is 91.9 Å². The molecule has 0 saturated carbocycles. The smallest absolute Gasteiger partial charge is 0.305 e. The van der Waals surface area contributed by atoms with E-state index in [9.17, 15) is 15.2 Å². The molecule has 2 heterocycles. The van der Waals surface area contributed by atoms with Gasteiger partial charge in [0, 0.05) is 13.1 Å². The summed E-state index contributed by atoms with van der Waals surface area (Å²) in [5.74, 6) is 0.484. The molecule has 0 aliphatic carbocycles. The Morgan fingerprint density at radius 3 is 2.44 bits per heavy atom. The summed E-state index contributed by atoms with van der Waals surface area (Å²) >= 11 is 0. The molecule has 7 nitrogen and oxygen atoms in total. The van der Waals surface area contributed by atoms with Gasteiger partial charge in [0.25, 0.3) is 0 Å². The van der Waals surface area contributed by atoms with Crippen LogP contribution >= 0.6 is 0 Å². The van der Waals surface area contributed by atoms with Crippen molar-refractivity contribution in [1.29, 1.82) is 0 Å². The van der Waals surface area contributed by atoms with Crippen LogP contribution in [-0.2, 0) is 0 Å². The first-order valence-electron chi connectivity index (χ1n) is 5.06. The van der Waals surface area contributed by atoms with Gasteiger partial charge in [-0.1, -0.05) is 0 Å². The molecular formula is C9H12N4O3. The average molecular weight is 224 g/mol. The summed E-state index contributed by atoms with van der Waals surface area (Å²) in [6, 6.07) is 0. The van der Waals surface area contributed by atoms with Gasteiger partial charge in [-0.3, -0.25) is 10.1 Å². The lowest BCUT2D eigenvalue weighted by molar-refractivity contribution is -0.385. The molecule has 2 rings (SSSR count). The minimum absolute atomic E-state index is 0.110. The summed E-state index contributed by atoms with van der Waals surface area (Å²) in [4.78, 5) is 19.7. The molecule has 1 aliphatic rings. The molecule has 0 bridgehead atoms. The number of aliphatic hydroxyl groups is 1. The van der Waals surface area contributed by atoms with Crippen LogP contribution < -0.4 is 4.90 Å². The second-order valence-electron chi connectivity index (χ2n) is 3.72. The molecule has 0 radical (unpaired) electrons. The van der Waals surface area contributed by atoms with E-state index in [2.05, 4.69) is 9.97 Å². The van der Waals surface area contributed by atoms with Crippen molar-refractivity contribution in [3.63, 3.8) is 0 Å². The van der Waals surface area contributed by atoms with Crippen molar-refractivity contribution in [3.05, 3.63) is 22.5 Å². The minimum atomic E-state index is -0.524. The topological polar surface area (TPSA) is 92.4 Å². The SMILES string of the molecule is O=[N+]([O-])c1cnc(N2CCC(O)CC2)nc1. The molecule has 16 heavy (non-hydrogen) atoms. The number of hydrogen-bond donors (Lipinski definition) is 1. The highest BCUT2D eigenvalue weighted by molar-refractivity contribution is 5.34. The Morgan fingerprint density at radius 1 is 1.38 bits per heavy atom. The molecule has 1 fully saturated rings. The van der Waals surface area contributed by atoms with Crippen molar-refractivity contribution < 1.29 is 10.0 Å². The van der Waals surface area contributed by atoms with Gasteiger partial charge in [-0.05, 0) is 12.8 Å². The molecule has 86 valence electrons. The predicted molar refractivity (Wildman–Crippen MR) is 56.1 cm³/mol. The van der Waals surface area contributed by atoms with Crippen LogP contribution in [-0.4, -0.2) is 39.2 Å². The average Bonchev–Trinajstić information content (AvgIpc) is 2.30. The van der Waals surface area contributed by atoms with Gasteiger partial charge in [-0.2, -0.15) is 0 Å². The largest absolute Gasteiger partial charge is 0.393 e. The third kappa shape index (κ3) is 2.25. The monoisotopic (exact) mass is 224 g/mol. The second-order valence-corrected chi connectivity index (χ2v) is 3.72. The van der Waals surface area contributed by atoms with Crippen LogP contribution in [0.5, 0.6) is 0 Å². The third-order valence-corrected chi connectivity index (χ3v) is 2.58. The van der Waals surface area contributed by atoms with E-state index in [0.29, 0.717) is 31.9 Å². The molecule has 0 atom stereocenters. The molecule has 1 aromatic rings. The Balaban J connectivity index is 2.07. The Hall–Kier alpha value is -1.76. The van der Waals surface area contributed by atoms with E-state index in [1.54, 1.807) is 0 Å². The van der Waals surface area contributed by atoms with Gasteiger partial charge in [0.2, 0.25) is 5.95 Å². The van der Waals surface area contributed by atoms with E-state index >= 15 is 0 Å². The number of rotatable bonds is 2. The van der Waals surface area contributed by atoms with Gasteiger partial charge < -0.3 is 10.0 Å². The van der Waals surface area contributed by atoms with Gasteiger partial charge in [0.15, 0.2) is 0 Å². The zero-order valence-electron chi connectivity index (χ0n) is 8.61. The predicted octanol–water partition coefficient (Wildman–Crippen LogP) is 0.346. The normalized spacial score (nSPS) is 17.4. The lowest BCUT2D eigenvalue weighted by Crippen LogP contribution is -2.36. The maximum Gasteiger partial charge on any atom is 0.305 e. The van der Waals surface area contributed by atoms with Crippen LogP contribution in [0.4, 0.5) is 11.6 Å². The molecule has 0 spiro atoms. The summed E-state index contributed by atoms with van der Waals surface area (Å²) in [5, 5.41) is 19.7. The highest BCUT2D eigenvalue weighted by atomic mass is 16.6. The lowest BCUT2D eigenvalue weighted by Gasteiger charge is -2.29. The molecule has 0 amide bonds. The van der Waals surface area contributed by atoms with Crippen LogP contribution in [0.25, 0.3) is 0 Å². The maximum absolute atomic E-state index is 10.4. The molecule has 0 aromatic carbocycles. The van der Waals surface area contributed by atoms with E-state index in [4.69, 9.17) is 0 Å². The number of hydrogen-bond acceptors (Lipinski definition) is 6. The fourth-order valence-corrected chi connectivity index (χ4v) is 1.64. The fourth-order valence-electron chi connectivity index (χ4n) is 1.64. The van der Waals surface area contributed by atoms with Gasteiger partial charge in [0.05, 0.1) is 11.0 Å². The highest BCUT2D eigenvalue weighted by Gasteiger charge is 2.19. The summed E-state index contributed by atoms with van der Waals surface area (Å²) in [5.41, 5.74) is -0.110. The molecule has 1 aromatic heterocycles. The molecule has 7 heteroatoms. The summed E-state index contributed by atoms with van der Waals surface area (Å²) < 4.78 is 0. The van der Waals surface area contributed by atoms with Crippen molar-refractivity contribution >= 4 is 11.6 Å². The van der Waals surface area contributed by atoms with E-state index < -0.39 is 4.92 Å². The van der Waals surface area contributed by atoms with Crippen molar-refractivity contribution in [3.8, 4) is 0 Å². The first-order valence-corrected chi connectivity index (χ1v) is 5.06. The fraction of sp³-hybridized carbons (Fsp3) is 0.556. The summed E-state index contributed by atoms with van der Waals surface area (Å²) in [6.07, 6.45) is 3.51. The first-order chi connectivity index (χ1) is 7.66. The quantitative estimate of drug-likeness (QED) is 0.575. The molecular weight excluding hydrogens is 212 g/mol. The zero-order chi connectivity index (χ0) is 11.5. The molecule has 1 saturated heterocycles. The molecule has 1 aliphatic heterocycles. The van der Waals surface area contributed by atoms with Gasteiger partial charge >= 0.3 is 5.69 Å². The summed E-state index contributed by atoms with van der Waals surface area (Å²) in [6.45, 7) is 1.36. The number of nitro groups is 1. The van der Waals surface area contributed by atoms with E-state index in [-0.39, 0.29) is 11.8 Å². The van der Waals surface area contributed by atoms with Gasteiger partial charge in [-0.15, -0.1) is 0 Å². The van der Waals surface area contributed by atoms with E-state index in [1.165, 1.54) is 12.4 Å². The van der Waals surface area contributed by atoms with Gasteiger partial charge in [0.1, 0.15) is 12.4 Å². The Morgan fingerprint density at radius 2 is 1.94 bits per heavy atom. The van der Waals surface area contributed by atoms with Crippen molar-refractivity contribution in [1.82, 2.24) is 9.97 Å². The van der Waals surface area contributed by atoms with E-state index in [0.717, 1.165) is 0 Å². The molecule has 1 N–H and O–H groups in total. The van der Waals surface area contributed by atoms with Crippen LogP contribution in [0.1, 0.15) is 12.8 Å². The lowest BCUT2D eigenvalue weighted by atomic mass is 10.1. The first kappa shape index (κ1) is 10.7. The van der Waals surface area contributed by atoms with E-state index in [1.807, 2.05) is 4.90 Å². The van der Waals surface area contributed by atoms with Crippen LogP contribution in [0.15, 0.2) is 12.4 Å². The number of anilines is 1. The highest BCUT2D eigenvalue weighted by Crippen LogP contribution is 2.17. The zero-order valence-corrected chi connectivity index (χ0v) is 8.61. The van der Waals surface area contributed by atoms with Crippen molar-refractivity contribution in [2.45, 2.75) is 18.9 Å². The number of aliphatic hydroxyl groups excluding tert-OH is 1. The van der Waals surface area contributed by atoms with Crippen LogP contribution in [0, 0.1) is 10.1 Å². The van der Waals surface area contributed by atoms with Crippen molar-refractivity contribution in [2.75, 3.05) is 18.0 Å². The number of aromatic nitrogens is 2. The standard InChI is InChI=1S/C9H12N4O3/c14-8-1-3-12(4-2-8)9-10-5-7(6-11-9)13(15)16/h5-6,8,14H,1-4H2. The minimum Gasteiger partial charge on any atom is -0.393 e. The van der Waals surface area contributed by atoms with Gasteiger partial charge in [-0.25, -0.2) is 9.97 Å².